The number of likely N-dealkylation sites (N-methyl/N-ethyl adjacent to an activating group) is 1. The summed E-state index contributed by atoms with van der Waals surface area (Å²) in [6.07, 6.45) is 0.759. The van der Waals surface area contributed by atoms with Gasteiger partial charge in [-0.15, -0.1) is 0 Å². The highest BCUT2D eigenvalue weighted by Crippen LogP contribution is 2.24. The van der Waals surface area contributed by atoms with Crippen LogP contribution in [-0.4, -0.2) is 6.54 Å². The number of nitrogens with one attached hydrogen (secondary N) is 1. The molecular weight excluding hydrogens is 285 g/mol. The van der Waals surface area contributed by atoms with Gasteiger partial charge in [0.25, 0.3) is 0 Å². The van der Waals surface area contributed by atoms with Crippen molar-refractivity contribution in [2.24, 2.45) is 0 Å². The second-order valence-corrected chi connectivity index (χ2v) is 5.91. The number of halogens is 2. The first-order valence-electron chi connectivity index (χ1n) is 7.25. The SMILES string of the molecule is CCNC(Cc1cc(C)cc(C)c1)c1ccc(Cl)cc1F. The van der Waals surface area contributed by atoms with E-state index in [1.165, 1.54) is 22.8 Å². The van der Waals surface area contributed by atoms with E-state index < -0.39 is 0 Å². The van der Waals surface area contributed by atoms with Crippen LogP contribution in [0.3, 0.4) is 0 Å². The molecule has 2 aromatic carbocycles. The van der Waals surface area contributed by atoms with Crippen LogP contribution in [0.15, 0.2) is 36.4 Å². The van der Waals surface area contributed by atoms with Gasteiger partial charge in [0, 0.05) is 16.6 Å². The monoisotopic (exact) mass is 305 g/mol. The lowest BCUT2D eigenvalue weighted by Gasteiger charge is -2.20. The van der Waals surface area contributed by atoms with Gasteiger partial charge in [0.05, 0.1) is 0 Å². The quantitative estimate of drug-likeness (QED) is 0.820. The number of aryl methyl sites for hydroxylation is 2. The highest BCUT2D eigenvalue weighted by Gasteiger charge is 2.16. The molecule has 0 bridgehead atoms. The van der Waals surface area contributed by atoms with Crippen LogP contribution in [-0.2, 0) is 6.42 Å². The van der Waals surface area contributed by atoms with Crippen molar-refractivity contribution >= 4 is 11.6 Å². The summed E-state index contributed by atoms with van der Waals surface area (Å²) in [7, 11) is 0. The van der Waals surface area contributed by atoms with Crippen LogP contribution in [0.2, 0.25) is 5.02 Å². The van der Waals surface area contributed by atoms with Gasteiger partial charge in [-0.25, -0.2) is 4.39 Å². The Morgan fingerprint density at radius 3 is 2.33 bits per heavy atom. The van der Waals surface area contributed by atoms with Crippen LogP contribution >= 0.6 is 11.6 Å². The topological polar surface area (TPSA) is 12.0 Å². The van der Waals surface area contributed by atoms with Gasteiger partial charge < -0.3 is 5.32 Å². The Kier molecular flexibility index (Phi) is 5.38. The molecule has 112 valence electrons. The first kappa shape index (κ1) is 16.0. The van der Waals surface area contributed by atoms with Crippen molar-refractivity contribution in [3.05, 3.63) is 69.5 Å². The molecule has 3 heteroatoms. The van der Waals surface area contributed by atoms with E-state index >= 15 is 0 Å². The molecule has 2 aromatic rings. The summed E-state index contributed by atoms with van der Waals surface area (Å²) in [6, 6.07) is 11.3. The van der Waals surface area contributed by atoms with Gasteiger partial charge in [-0.05, 0) is 44.5 Å². The summed E-state index contributed by atoms with van der Waals surface area (Å²) in [6.45, 7) is 6.99. The molecule has 1 atom stereocenters. The van der Waals surface area contributed by atoms with Crippen LogP contribution in [0, 0.1) is 19.7 Å². The van der Waals surface area contributed by atoms with Crippen molar-refractivity contribution in [2.45, 2.75) is 33.2 Å². The van der Waals surface area contributed by atoms with Gasteiger partial charge in [0.2, 0.25) is 0 Å². The van der Waals surface area contributed by atoms with Gasteiger partial charge in [-0.3, -0.25) is 0 Å². The van der Waals surface area contributed by atoms with E-state index in [-0.39, 0.29) is 11.9 Å². The fraction of sp³-hybridized carbons (Fsp3) is 0.333. The van der Waals surface area contributed by atoms with Crippen molar-refractivity contribution in [2.75, 3.05) is 6.54 Å². The molecule has 0 heterocycles. The van der Waals surface area contributed by atoms with Crippen LogP contribution in [0.4, 0.5) is 4.39 Å². The first-order chi connectivity index (χ1) is 9.99. The van der Waals surface area contributed by atoms with Crippen molar-refractivity contribution in [3.8, 4) is 0 Å². The van der Waals surface area contributed by atoms with Gasteiger partial charge in [-0.2, -0.15) is 0 Å². The Morgan fingerprint density at radius 1 is 1.10 bits per heavy atom. The molecule has 1 unspecified atom stereocenters. The Labute approximate surface area is 131 Å². The molecule has 0 aromatic heterocycles. The van der Waals surface area contributed by atoms with E-state index in [2.05, 4.69) is 37.4 Å². The van der Waals surface area contributed by atoms with Gasteiger partial charge >= 0.3 is 0 Å². The molecule has 2 rings (SSSR count). The van der Waals surface area contributed by atoms with Crippen LogP contribution in [0.25, 0.3) is 0 Å². The van der Waals surface area contributed by atoms with E-state index in [0.717, 1.165) is 13.0 Å². The minimum atomic E-state index is -0.252. The third kappa shape index (κ3) is 4.29. The largest absolute Gasteiger partial charge is 0.310 e. The van der Waals surface area contributed by atoms with Crippen molar-refractivity contribution in [1.29, 1.82) is 0 Å². The van der Waals surface area contributed by atoms with Crippen LogP contribution in [0.1, 0.15) is 35.2 Å². The predicted octanol–water partition coefficient (Wildman–Crippen LogP) is 4.99. The zero-order chi connectivity index (χ0) is 15.4. The lowest BCUT2D eigenvalue weighted by atomic mass is 9.96. The smallest absolute Gasteiger partial charge is 0.129 e. The standard InChI is InChI=1S/C18H21ClFN/c1-4-21-18(16-6-5-15(19)11-17(16)20)10-14-8-12(2)7-13(3)9-14/h5-9,11,18,21H,4,10H2,1-3H3. The van der Waals surface area contributed by atoms with E-state index in [4.69, 9.17) is 11.6 Å². The fourth-order valence-electron chi connectivity index (χ4n) is 2.75. The van der Waals surface area contributed by atoms with Crippen LogP contribution < -0.4 is 5.32 Å². The lowest BCUT2D eigenvalue weighted by Crippen LogP contribution is -2.24. The Balaban J connectivity index is 2.30. The molecule has 0 amide bonds. The van der Waals surface area contributed by atoms with E-state index in [0.29, 0.717) is 10.6 Å². The Morgan fingerprint density at radius 2 is 1.76 bits per heavy atom. The Hall–Kier alpha value is -1.38. The number of hydrogen-bond acceptors (Lipinski definition) is 1. The zero-order valence-corrected chi connectivity index (χ0v) is 13.5. The molecule has 0 aliphatic heterocycles. The molecule has 0 aliphatic rings. The summed E-state index contributed by atoms with van der Waals surface area (Å²) in [5.74, 6) is -0.252. The van der Waals surface area contributed by atoms with E-state index in [1.54, 1.807) is 12.1 Å². The minimum absolute atomic E-state index is 0.0477. The molecule has 0 saturated heterocycles. The average molecular weight is 306 g/mol. The van der Waals surface area contributed by atoms with Crippen molar-refractivity contribution in [1.82, 2.24) is 5.32 Å². The minimum Gasteiger partial charge on any atom is -0.310 e. The second-order valence-electron chi connectivity index (χ2n) is 5.48. The first-order valence-corrected chi connectivity index (χ1v) is 7.63. The maximum Gasteiger partial charge on any atom is 0.129 e. The maximum atomic E-state index is 14.2. The summed E-state index contributed by atoms with van der Waals surface area (Å²) in [4.78, 5) is 0. The third-order valence-corrected chi connectivity index (χ3v) is 3.74. The van der Waals surface area contributed by atoms with E-state index in [9.17, 15) is 4.39 Å². The third-order valence-electron chi connectivity index (χ3n) is 3.51. The molecule has 0 aliphatic carbocycles. The molecule has 0 fully saturated rings. The molecule has 21 heavy (non-hydrogen) atoms. The molecule has 0 radical (unpaired) electrons. The molecular formula is C18H21ClFN. The van der Waals surface area contributed by atoms with Crippen molar-refractivity contribution < 1.29 is 4.39 Å². The van der Waals surface area contributed by atoms with Gasteiger partial charge in [-0.1, -0.05) is 53.9 Å². The number of rotatable bonds is 5. The highest BCUT2D eigenvalue weighted by molar-refractivity contribution is 6.30. The van der Waals surface area contributed by atoms with Gasteiger partial charge in [0.15, 0.2) is 0 Å². The molecule has 0 saturated carbocycles. The maximum absolute atomic E-state index is 14.2. The van der Waals surface area contributed by atoms with E-state index in [1.807, 2.05) is 6.92 Å². The van der Waals surface area contributed by atoms with Crippen molar-refractivity contribution in [3.63, 3.8) is 0 Å². The number of benzene rings is 2. The molecule has 1 nitrogen and oxygen atoms in total. The fourth-order valence-corrected chi connectivity index (χ4v) is 2.90. The lowest BCUT2D eigenvalue weighted by molar-refractivity contribution is 0.510. The average Bonchev–Trinajstić information content (AvgIpc) is 2.37. The summed E-state index contributed by atoms with van der Waals surface area (Å²) < 4.78 is 14.2. The summed E-state index contributed by atoms with van der Waals surface area (Å²) >= 11 is 5.84. The molecule has 1 N–H and O–H groups in total. The normalized spacial score (nSPS) is 12.4. The molecule has 0 spiro atoms. The highest BCUT2D eigenvalue weighted by atomic mass is 35.5. The summed E-state index contributed by atoms with van der Waals surface area (Å²) in [5, 5.41) is 3.79. The number of hydrogen-bond donors (Lipinski definition) is 1. The second kappa shape index (κ2) is 7.06. The predicted molar refractivity (Wildman–Crippen MR) is 87.4 cm³/mol. The van der Waals surface area contributed by atoms with Crippen LogP contribution in [0.5, 0.6) is 0 Å². The summed E-state index contributed by atoms with van der Waals surface area (Å²) in [5.41, 5.74) is 4.35. The Bertz CT molecular complexity index is 604. The zero-order valence-electron chi connectivity index (χ0n) is 12.7. The van der Waals surface area contributed by atoms with Gasteiger partial charge in [0.1, 0.15) is 5.82 Å².